The Labute approximate surface area is 168 Å². The second-order valence-corrected chi connectivity index (χ2v) is 8.04. The van der Waals surface area contributed by atoms with Crippen LogP contribution in [-0.4, -0.2) is 17.5 Å². The normalized spacial score (nSPS) is 14.8. The van der Waals surface area contributed by atoms with Gasteiger partial charge in [-0.25, -0.2) is 0 Å². The highest BCUT2D eigenvalue weighted by Gasteiger charge is 2.24. The van der Waals surface area contributed by atoms with E-state index >= 15 is 0 Å². The van der Waals surface area contributed by atoms with Crippen molar-refractivity contribution < 1.29 is 0 Å². The van der Waals surface area contributed by atoms with Crippen molar-refractivity contribution in [2.75, 3.05) is 13.1 Å². The fourth-order valence-corrected chi connectivity index (χ4v) is 4.76. The van der Waals surface area contributed by atoms with Gasteiger partial charge in [-0.15, -0.1) is 0 Å². The smallest absolute Gasteiger partial charge is 0.0544 e. The van der Waals surface area contributed by atoms with E-state index in [-0.39, 0.29) is 0 Å². The molecule has 5 aromatic rings. The van der Waals surface area contributed by atoms with Crippen LogP contribution in [0, 0.1) is 0 Å². The van der Waals surface area contributed by atoms with E-state index in [1.165, 1.54) is 43.9 Å². The van der Waals surface area contributed by atoms with Gasteiger partial charge in [0, 0.05) is 41.2 Å². The number of halogens is 1. The van der Waals surface area contributed by atoms with Gasteiger partial charge in [0.05, 0.1) is 11.0 Å². The van der Waals surface area contributed by atoms with Crippen LogP contribution >= 0.6 is 11.6 Å². The third-order valence-corrected chi connectivity index (χ3v) is 6.25. The molecule has 2 nitrogen and oxygen atoms in total. The molecule has 3 heteroatoms. The lowest BCUT2D eigenvalue weighted by Gasteiger charge is -2.29. The van der Waals surface area contributed by atoms with Gasteiger partial charge in [0.25, 0.3) is 0 Å². The molecule has 0 radical (unpaired) electrons. The van der Waals surface area contributed by atoms with Gasteiger partial charge in [-0.1, -0.05) is 54.1 Å². The molecular formula is C25H19ClN2. The van der Waals surface area contributed by atoms with Gasteiger partial charge in [-0.2, -0.15) is 0 Å². The van der Waals surface area contributed by atoms with Crippen LogP contribution in [0.5, 0.6) is 0 Å². The minimum atomic E-state index is 0.558. The summed E-state index contributed by atoms with van der Waals surface area (Å²) < 4.78 is 2.33. The third-order valence-electron chi connectivity index (χ3n) is 6.02. The van der Waals surface area contributed by atoms with Gasteiger partial charge in [-0.05, 0) is 52.2 Å². The summed E-state index contributed by atoms with van der Waals surface area (Å²) in [5.74, 6) is 0.558. The molecule has 3 heterocycles. The van der Waals surface area contributed by atoms with Gasteiger partial charge in [-0.3, -0.25) is 0 Å². The molecule has 136 valence electrons. The van der Waals surface area contributed by atoms with Crippen LogP contribution in [0.3, 0.4) is 0 Å². The Morgan fingerprint density at radius 3 is 2.43 bits per heavy atom. The summed E-state index contributed by atoms with van der Waals surface area (Å²) in [6.45, 7) is 2.08. The maximum Gasteiger partial charge on any atom is 0.0544 e. The molecule has 28 heavy (non-hydrogen) atoms. The van der Waals surface area contributed by atoms with Crippen molar-refractivity contribution in [1.82, 2.24) is 9.72 Å². The summed E-state index contributed by atoms with van der Waals surface area (Å²) >= 11 is 6.48. The van der Waals surface area contributed by atoms with Crippen LogP contribution in [0.1, 0.15) is 11.5 Å². The fourth-order valence-electron chi connectivity index (χ4n) is 4.59. The zero-order chi connectivity index (χ0) is 18.7. The van der Waals surface area contributed by atoms with Crippen LogP contribution in [0.4, 0.5) is 0 Å². The number of hydrogen-bond acceptors (Lipinski definition) is 1. The highest BCUT2D eigenvalue weighted by molar-refractivity contribution is 6.32. The highest BCUT2D eigenvalue weighted by Crippen LogP contribution is 2.43. The Hall–Kier alpha value is -2.81. The van der Waals surface area contributed by atoms with Crippen molar-refractivity contribution in [3.8, 4) is 11.1 Å². The first-order valence-electron chi connectivity index (χ1n) is 9.72. The largest absolute Gasteiger partial charge is 0.316 e. The number of hydrogen-bond donors (Lipinski definition) is 1. The topological polar surface area (TPSA) is 16.4 Å². The third kappa shape index (κ3) is 2.25. The summed E-state index contributed by atoms with van der Waals surface area (Å²) in [4.78, 5) is 0. The monoisotopic (exact) mass is 382 g/mol. The minimum absolute atomic E-state index is 0.558. The molecule has 0 amide bonds. The Morgan fingerprint density at radius 2 is 1.64 bits per heavy atom. The van der Waals surface area contributed by atoms with E-state index in [0.29, 0.717) is 5.92 Å². The lowest BCUT2D eigenvalue weighted by Crippen LogP contribution is -2.39. The Bertz CT molecular complexity index is 1350. The molecule has 0 unspecified atom stereocenters. The zero-order valence-corrected chi connectivity index (χ0v) is 16.1. The summed E-state index contributed by atoms with van der Waals surface area (Å²) in [6.07, 6.45) is 2.17. The summed E-state index contributed by atoms with van der Waals surface area (Å²) in [7, 11) is 0. The van der Waals surface area contributed by atoms with E-state index in [2.05, 4.69) is 82.6 Å². The number of nitrogens with zero attached hydrogens (tertiary/aromatic N) is 1. The van der Waals surface area contributed by atoms with Gasteiger partial charge in [0.1, 0.15) is 0 Å². The van der Waals surface area contributed by atoms with Gasteiger partial charge < -0.3 is 9.72 Å². The van der Waals surface area contributed by atoms with Crippen molar-refractivity contribution in [3.63, 3.8) is 0 Å². The Morgan fingerprint density at radius 1 is 0.821 bits per heavy atom. The summed E-state index contributed by atoms with van der Waals surface area (Å²) in [5, 5.41) is 8.05. The van der Waals surface area contributed by atoms with E-state index in [4.69, 9.17) is 11.6 Å². The standard InChI is InChI=1S/C25H19ClN2/c26-18-9-10-19-20(17-14-27-15-17)13-23-25(21(19)12-18)24(16-6-2-1-3-7-16)22-8-4-5-11-28(22)23/h1-13,17,27H,14-15H2. The number of nitrogens with one attached hydrogen (secondary N) is 1. The first-order valence-corrected chi connectivity index (χ1v) is 10.1. The van der Waals surface area contributed by atoms with Crippen molar-refractivity contribution in [2.24, 2.45) is 0 Å². The molecule has 0 saturated carbocycles. The Balaban J connectivity index is 1.86. The predicted molar refractivity (Wildman–Crippen MR) is 118 cm³/mol. The molecule has 0 spiro atoms. The summed E-state index contributed by atoms with van der Waals surface area (Å²) in [5.41, 5.74) is 6.42. The first kappa shape index (κ1) is 16.2. The number of fused-ring (bicyclic) bond motifs is 5. The van der Waals surface area contributed by atoms with Gasteiger partial charge in [0.15, 0.2) is 0 Å². The van der Waals surface area contributed by atoms with E-state index in [1.807, 2.05) is 6.07 Å². The quantitative estimate of drug-likeness (QED) is 0.381. The van der Waals surface area contributed by atoms with Crippen LogP contribution in [0.25, 0.3) is 38.3 Å². The molecule has 3 aromatic carbocycles. The second kappa shape index (κ2) is 6.10. The second-order valence-electron chi connectivity index (χ2n) is 7.60. The van der Waals surface area contributed by atoms with E-state index in [9.17, 15) is 0 Å². The molecule has 0 aliphatic carbocycles. The van der Waals surface area contributed by atoms with Crippen molar-refractivity contribution in [2.45, 2.75) is 5.92 Å². The van der Waals surface area contributed by atoms with Gasteiger partial charge >= 0.3 is 0 Å². The van der Waals surface area contributed by atoms with E-state index < -0.39 is 0 Å². The zero-order valence-electron chi connectivity index (χ0n) is 15.3. The number of rotatable bonds is 2. The Kier molecular flexibility index (Phi) is 3.52. The molecule has 1 aliphatic heterocycles. The lowest BCUT2D eigenvalue weighted by atomic mass is 9.87. The average molecular weight is 383 g/mol. The van der Waals surface area contributed by atoms with Crippen molar-refractivity contribution in [3.05, 3.63) is 89.6 Å². The first-order chi connectivity index (χ1) is 13.8. The summed E-state index contributed by atoms with van der Waals surface area (Å²) in [6, 6.07) is 25.9. The van der Waals surface area contributed by atoms with Crippen molar-refractivity contribution >= 4 is 38.8 Å². The molecule has 1 saturated heterocycles. The molecular weight excluding hydrogens is 364 g/mol. The van der Waals surface area contributed by atoms with Crippen LogP contribution in [-0.2, 0) is 0 Å². The number of aromatic nitrogens is 1. The number of benzene rings is 3. The van der Waals surface area contributed by atoms with Crippen LogP contribution < -0.4 is 5.32 Å². The SMILES string of the molecule is Clc1ccc2c(C3CNC3)cc3c(c(-c4ccccc4)c4ccccn43)c2c1. The minimum Gasteiger partial charge on any atom is -0.316 e. The maximum absolute atomic E-state index is 6.48. The molecule has 2 aromatic heterocycles. The average Bonchev–Trinajstić information content (AvgIpc) is 3.02. The molecule has 0 atom stereocenters. The van der Waals surface area contributed by atoms with Gasteiger partial charge in [0.2, 0.25) is 0 Å². The van der Waals surface area contributed by atoms with E-state index in [1.54, 1.807) is 0 Å². The number of pyridine rings is 1. The molecule has 1 N–H and O–H groups in total. The maximum atomic E-state index is 6.48. The van der Waals surface area contributed by atoms with Crippen LogP contribution in [0.15, 0.2) is 79.0 Å². The fraction of sp³-hybridized carbons (Fsp3) is 0.120. The van der Waals surface area contributed by atoms with Crippen molar-refractivity contribution in [1.29, 1.82) is 0 Å². The van der Waals surface area contributed by atoms with E-state index in [0.717, 1.165) is 18.1 Å². The predicted octanol–water partition coefficient (Wildman–Crippen LogP) is 6.25. The highest BCUT2D eigenvalue weighted by atomic mass is 35.5. The molecule has 1 fully saturated rings. The lowest BCUT2D eigenvalue weighted by molar-refractivity contribution is 0.451. The molecule has 0 bridgehead atoms. The van der Waals surface area contributed by atoms with Crippen LogP contribution in [0.2, 0.25) is 5.02 Å². The molecule has 1 aliphatic rings. The molecule has 6 rings (SSSR count).